The molecule has 1 saturated heterocycles. The Morgan fingerprint density at radius 2 is 2.20 bits per heavy atom. The monoisotopic (exact) mass is 276 g/mol. The van der Waals surface area contributed by atoms with Crippen molar-refractivity contribution in [2.24, 2.45) is 0 Å². The molecule has 1 aromatic rings. The standard InChI is InChI=1S/C16H24N2O2/c1-3-15(13-7-9-17-10-8-13)18(4-2)16(19)12-14-6-5-11-20-14/h7-10,14-15H,3-6,11-12H2,1-2H3/t14-,15-/m0/s1. The normalized spacial score (nSPS) is 19.8. The van der Waals surface area contributed by atoms with Crippen LogP contribution in [0.3, 0.4) is 0 Å². The number of hydrogen-bond acceptors (Lipinski definition) is 3. The van der Waals surface area contributed by atoms with E-state index in [9.17, 15) is 4.79 Å². The maximum atomic E-state index is 12.5. The van der Waals surface area contributed by atoms with Gasteiger partial charge in [-0.25, -0.2) is 0 Å². The molecule has 1 aromatic heterocycles. The largest absolute Gasteiger partial charge is 0.378 e. The molecule has 2 heterocycles. The molecule has 1 aliphatic heterocycles. The molecule has 1 aliphatic rings. The van der Waals surface area contributed by atoms with Gasteiger partial charge in [0.25, 0.3) is 0 Å². The van der Waals surface area contributed by atoms with E-state index in [0.29, 0.717) is 6.42 Å². The minimum Gasteiger partial charge on any atom is -0.378 e. The highest BCUT2D eigenvalue weighted by atomic mass is 16.5. The molecule has 2 atom stereocenters. The Kier molecular flexibility index (Phi) is 5.53. The molecule has 0 spiro atoms. The number of carbonyl (C=O) groups excluding carboxylic acids is 1. The lowest BCUT2D eigenvalue weighted by Crippen LogP contribution is -2.36. The molecule has 20 heavy (non-hydrogen) atoms. The number of aromatic nitrogens is 1. The molecule has 0 N–H and O–H groups in total. The lowest BCUT2D eigenvalue weighted by Gasteiger charge is -2.31. The van der Waals surface area contributed by atoms with Crippen molar-refractivity contribution in [1.29, 1.82) is 0 Å². The van der Waals surface area contributed by atoms with Gasteiger partial charge in [-0.05, 0) is 43.9 Å². The number of nitrogens with zero attached hydrogens (tertiary/aromatic N) is 2. The van der Waals surface area contributed by atoms with Gasteiger partial charge in [-0.2, -0.15) is 0 Å². The zero-order chi connectivity index (χ0) is 14.4. The molecular weight excluding hydrogens is 252 g/mol. The predicted octanol–water partition coefficient (Wildman–Crippen LogP) is 2.95. The van der Waals surface area contributed by atoms with Gasteiger partial charge in [-0.15, -0.1) is 0 Å². The van der Waals surface area contributed by atoms with Crippen molar-refractivity contribution in [3.63, 3.8) is 0 Å². The Hall–Kier alpha value is -1.42. The van der Waals surface area contributed by atoms with Crippen LogP contribution in [0.5, 0.6) is 0 Å². The second-order valence-corrected chi connectivity index (χ2v) is 5.22. The highest BCUT2D eigenvalue weighted by molar-refractivity contribution is 5.77. The van der Waals surface area contributed by atoms with E-state index in [1.165, 1.54) is 0 Å². The number of rotatable bonds is 6. The molecule has 110 valence electrons. The summed E-state index contributed by atoms with van der Waals surface area (Å²) in [5.74, 6) is 0.197. The summed E-state index contributed by atoms with van der Waals surface area (Å²) in [5.41, 5.74) is 1.16. The summed E-state index contributed by atoms with van der Waals surface area (Å²) < 4.78 is 5.58. The van der Waals surface area contributed by atoms with Gasteiger partial charge >= 0.3 is 0 Å². The Labute approximate surface area is 121 Å². The van der Waals surface area contributed by atoms with E-state index >= 15 is 0 Å². The van der Waals surface area contributed by atoms with Crippen LogP contribution in [0, 0.1) is 0 Å². The third-order valence-electron chi connectivity index (χ3n) is 3.94. The third kappa shape index (κ3) is 3.57. The first-order valence-electron chi connectivity index (χ1n) is 7.57. The Morgan fingerprint density at radius 1 is 1.45 bits per heavy atom. The fourth-order valence-electron chi connectivity index (χ4n) is 2.91. The van der Waals surface area contributed by atoms with Gasteiger partial charge in [0.05, 0.1) is 18.6 Å². The molecule has 2 rings (SSSR count). The second-order valence-electron chi connectivity index (χ2n) is 5.22. The first kappa shape index (κ1) is 15.0. The summed E-state index contributed by atoms with van der Waals surface area (Å²) in [6, 6.07) is 4.13. The lowest BCUT2D eigenvalue weighted by molar-refractivity contribution is -0.135. The average Bonchev–Trinajstić information content (AvgIpc) is 2.98. The summed E-state index contributed by atoms with van der Waals surface area (Å²) in [5, 5.41) is 0. The van der Waals surface area contributed by atoms with E-state index in [-0.39, 0.29) is 18.1 Å². The minimum atomic E-state index is 0.117. The summed E-state index contributed by atoms with van der Waals surface area (Å²) in [7, 11) is 0. The maximum Gasteiger partial charge on any atom is 0.225 e. The Bertz CT molecular complexity index is 416. The predicted molar refractivity (Wildman–Crippen MR) is 78.2 cm³/mol. The fraction of sp³-hybridized carbons (Fsp3) is 0.625. The van der Waals surface area contributed by atoms with Crippen LogP contribution in [0.1, 0.15) is 51.1 Å². The highest BCUT2D eigenvalue weighted by Crippen LogP contribution is 2.26. The maximum absolute atomic E-state index is 12.5. The molecule has 4 heteroatoms. The Morgan fingerprint density at radius 3 is 2.75 bits per heavy atom. The van der Waals surface area contributed by atoms with Gasteiger partial charge in [0.1, 0.15) is 0 Å². The first-order chi connectivity index (χ1) is 9.76. The fourth-order valence-corrected chi connectivity index (χ4v) is 2.91. The van der Waals surface area contributed by atoms with Crippen molar-refractivity contribution in [3.8, 4) is 0 Å². The SMILES string of the molecule is CC[C@@H](c1ccncc1)N(CC)C(=O)C[C@@H]1CCCO1. The molecule has 1 amide bonds. The molecular formula is C16H24N2O2. The van der Waals surface area contributed by atoms with Crippen LogP contribution in [0.4, 0.5) is 0 Å². The molecule has 0 aliphatic carbocycles. The van der Waals surface area contributed by atoms with Gasteiger partial charge in [-0.3, -0.25) is 9.78 Å². The van der Waals surface area contributed by atoms with E-state index in [1.807, 2.05) is 24.0 Å². The van der Waals surface area contributed by atoms with Crippen LogP contribution >= 0.6 is 0 Å². The van der Waals surface area contributed by atoms with Gasteiger partial charge in [0, 0.05) is 25.5 Å². The van der Waals surface area contributed by atoms with E-state index in [2.05, 4.69) is 11.9 Å². The van der Waals surface area contributed by atoms with E-state index < -0.39 is 0 Å². The zero-order valence-corrected chi connectivity index (χ0v) is 12.4. The smallest absolute Gasteiger partial charge is 0.225 e. The molecule has 0 unspecified atom stereocenters. The van der Waals surface area contributed by atoms with Crippen molar-refractivity contribution < 1.29 is 9.53 Å². The zero-order valence-electron chi connectivity index (χ0n) is 12.4. The van der Waals surface area contributed by atoms with Crippen molar-refractivity contribution in [2.75, 3.05) is 13.2 Å². The third-order valence-corrected chi connectivity index (χ3v) is 3.94. The van der Waals surface area contributed by atoms with Crippen LogP contribution in [0.2, 0.25) is 0 Å². The van der Waals surface area contributed by atoms with Gasteiger partial charge in [0.15, 0.2) is 0 Å². The number of carbonyl (C=O) groups is 1. The van der Waals surface area contributed by atoms with Crippen LogP contribution in [0.15, 0.2) is 24.5 Å². The summed E-state index contributed by atoms with van der Waals surface area (Å²) in [6.45, 7) is 5.68. The van der Waals surface area contributed by atoms with Crippen molar-refractivity contribution >= 4 is 5.91 Å². The first-order valence-corrected chi connectivity index (χ1v) is 7.57. The van der Waals surface area contributed by atoms with Crippen LogP contribution in [-0.2, 0) is 9.53 Å². The van der Waals surface area contributed by atoms with E-state index in [0.717, 1.165) is 38.0 Å². The number of pyridine rings is 1. The van der Waals surface area contributed by atoms with Crippen molar-refractivity contribution in [2.45, 2.75) is 51.7 Å². The molecule has 0 radical (unpaired) electrons. The lowest BCUT2D eigenvalue weighted by atomic mass is 10.0. The molecule has 0 aromatic carbocycles. The van der Waals surface area contributed by atoms with E-state index in [1.54, 1.807) is 12.4 Å². The van der Waals surface area contributed by atoms with E-state index in [4.69, 9.17) is 4.74 Å². The second kappa shape index (κ2) is 7.39. The average molecular weight is 276 g/mol. The van der Waals surface area contributed by atoms with Gasteiger partial charge in [0.2, 0.25) is 5.91 Å². The minimum absolute atomic E-state index is 0.117. The molecule has 4 nitrogen and oxygen atoms in total. The Balaban J connectivity index is 2.06. The number of hydrogen-bond donors (Lipinski definition) is 0. The van der Waals surface area contributed by atoms with Gasteiger partial charge < -0.3 is 9.64 Å². The molecule has 0 saturated carbocycles. The van der Waals surface area contributed by atoms with Crippen LogP contribution in [0.25, 0.3) is 0 Å². The summed E-state index contributed by atoms with van der Waals surface area (Å²) >= 11 is 0. The molecule has 1 fully saturated rings. The summed E-state index contributed by atoms with van der Waals surface area (Å²) in [4.78, 5) is 18.6. The van der Waals surface area contributed by atoms with Crippen molar-refractivity contribution in [3.05, 3.63) is 30.1 Å². The number of ether oxygens (including phenoxy) is 1. The van der Waals surface area contributed by atoms with Crippen LogP contribution in [-0.4, -0.2) is 35.0 Å². The van der Waals surface area contributed by atoms with Crippen LogP contribution < -0.4 is 0 Å². The molecule has 0 bridgehead atoms. The quantitative estimate of drug-likeness (QED) is 0.802. The van der Waals surface area contributed by atoms with Crippen molar-refractivity contribution in [1.82, 2.24) is 9.88 Å². The summed E-state index contributed by atoms with van der Waals surface area (Å²) in [6.07, 6.45) is 7.20. The van der Waals surface area contributed by atoms with Gasteiger partial charge in [-0.1, -0.05) is 6.92 Å². The number of amides is 1. The topological polar surface area (TPSA) is 42.4 Å². The highest BCUT2D eigenvalue weighted by Gasteiger charge is 2.26.